The topological polar surface area (TPSA) is 23.0 Å². The van der Waals surface area contributed by atoms with Crippen LogP contribution in [0.3, 0.4) is 0 Å². The summed E-state index contributed by atoms with van der Waals surface area (Å²) in [6, 6.07) is 68.4. The first-order chi connectivity index (χ1) is 31.7. The van der Waals surface area contributed by atoms with Crippen LogP contribution in [-0.2, 0) is 5.41 Å². The van der Waals surface area contributed by atoms with Crippen LogP contribution in [0, 0.1) is 0 Å². The maximum absolute atomic E-state index is 6.37. The van der Waals surface area contributed by atoms with E-state index in [0.717, 1.165) is 27.6 Å². The van der Waals surface area contributed by atoms with Gasteiger partial charge in [-0.05, 0) is 125 Å². The maximum Gasteiger partial charge on any atom is 0.137 e. The van der Waals surface area contributed by atoms with Crippen molar-refractivity contribution >= 4 is 97.1 Å². The molecule has 2 aliphatic rings. The van der Waals surface area contributed by atoms with Crippen molar-refractivity contribution in [3.05, 3.63) is 193 Å². The highest BCUT2D eigenvalue weighted by atomic mass is 32.1. The van der Waals surface area contributed by atoms with E-state index in [9.17, 15) is 0 Å². The summed E-state index contributed by atoms with van der Waals surface area (Å²) in [5.41, 5.74) is 17.4. The highest BCUT2D eigenvalue weighted by molar-refractivity contribution is 7.25. The molecule has 15 rings (SSSR count). The highest BCUT2D eigenvalue weighted by Gasteiger charge is 2.44. The van der Waals surface area contributed by atoms with Gasteiger partial charge >= 0.3 is 0 Å². The summed E-state index contributed by atoms with van der Waals surface area (Å²) in [6.45, 7) is 0. The minimum atomic E-state index is 0.0349. The Morgan fingerprint density at radius 3 is 1.80 bits per heavy atom. The minimum absolute atomic E-state index is 0.0349. The number of hydrogen-bond donors (Lipinski definition) is 0. The molecule has 4 heteroatoms. The van der Waals surface area contributed by atoms with Crippen LogP contribution in [0.2, 0.25) is 0 Å². The lowest BCUT2D eigenvalue weighted by atomic mass is 9.67. The van der Waals surface area contributed by atoms with Crippen LogP contribution in [-0.4, -0.2) is 9.13 Å². The standard InChI is InChI=1S/C60H40N2OS/c1-10-28-60(29-11-1)50-26-20-36(37-21-27-54-48(31-37)40-12-2-6-16-52(40)61(54)38-22-24-43-42-14-4-8-18-56(42)63-57(43)32-38)30-46(50)47-35-55-49(34-51(47)60)41-13-3-7-17-53(41)62(55)39-23-25-45-44-15-5-9-19-58(44)64-59(45)33-39/h2-9,12-27,30-35H,1,10-11,28-29H2. The van der Waals surface area contributed by atoms with E-state index in [0.29, 0.717) is 0 Å². The van der Waals surface area contributed by atoms with Gasteiger partial charge in [-0.15, -0.1) is 11.3 Å². The zero-order valence-corrected chi connectivity index (χ0v) is 35.9. The number of para-hydroxylation sites is 3. The SMILES string of the molecule is c1ccc2c(c1)oc1cc(-n3c4ccccc4c4cc(-c5ccc6c(c5)-c5cc7c(cc5C65CCCCC5)c5ccccc5n7-c5ccc6c(c5)sc5ccccc56)ccc43)ccc12. The molecule has 0 aliphatic heterocycles. The Bertz CT molecular complexity index is 4130. The van der Waals surface area contributed by atoms with Crippen molar-refractivity contribution < 1.29 is 4.42 Å². The molecule has 0 atom stereocenters. The van der Waals surface area contributed by atoms with Gasteiger partial charge in [-0.3, -0.25) is 0 Å². The molecule has 0 saturated heterocycles. The van der Waals surface area contributed by atoms with Gasteiger partial charge in [-0.25, -0.2) is 0 Å². The van der Waals surface area contributed by atoms with Crippen LogP contribution >= 0.6 is 11.3 Å². The molecule has 302 valence electrons. The molecule has 2 aliphatic carbocycles. The first-order valence-electron chi connectivity index (χ1n) is 22.8. The van der Waals surface area contributed by atoms with Crippen molar-refractivity contribution in [2.45, 2.75) is 37.5 Å². The van der Waals surface area contributed by atoms with Gasteiger partial charge in [0.15, 0.2) is 0 Å². The molecule has 0 amide bonds. The number of benzene rings is 9. The van der Waals surface area contributed by atoms with Crippen molar-refractivity contribution in [3.8, 4) is 33.6 Å². The summed E-state index contributed by atoms with van der Waals surface area (Å²) in [7, 11) is 0. The van der Waals surface area contributed by atoms with Gasteiger partial charge < -0.3 is 13.6 Å². The highest BCUT2D eigenvalue weighted by Crippen LogP contribution is 2.58. The molecule has 9 aromatic carbocycles. The largest absolute Gasteiger partial charge is 0.456 e. The monoisotopic (exact) mass is 836 g/mol. The molecule has 1 spiro atoms. The average molecular weight is 837 g/mol. The van der Waals surface area contributed by atoms with Crippen LogP contribution in [0.25, 0.3) is 119 Å². The summed E-state index contributed by atoms with van der Waals surface area (Å²) >= 11 is 1.89. The summed E-state index contributed by atoms with van der Waals surface area (Å²) in [5.74, 6) is 0. The second kappa shape index (κ2) is 12.8. The fraction of sp³-hybridized carbons (Fsp3) is 0.100. The van der Waals surface area contributed by atoms with Crippen LogP contribution < -0.4 is 0 Å². The molecule has 13 aromatic rings. The minimum Gasteiger partial charge on any atom is -0.456 e. The Labute approximate surface area is 373 Å². The van der Waals surface area contributed by atoms with Crippen molar-refractivity contribution in [2.24, 2.45) is 0 Å². The maximum atomic E-state index is 6.37. The van der Waals surface area contributed by atoms with E-state index in [1.165, 1.54) is 135 Å². The second-order valence-electron chi connectivity index (χ2n) is 18.3. The normalized spacial score (nSPS) is 14.7. The first-order valence-corrected chi connectivity index (χ1v) is 23.6. The molecule has 4 heterocycles. The predicted molar refractivity (Wildman–Crippen MR) is 270 cm³/mol. The van der Waals surface area contributed by atoms with Gasteiger partial charge in [0.2, 0.25) is 0 Å². The molecule has 3 nitrogen and oxygen atoms in total. The van der Waals surface area contributed by atoms with Crippen molar-refractivity contribution in [1.29, 1.82) is 0 Å². The molecule has 0 unspecified atom stereocenters. The van der Waals surface area contributed by atoms with Crippen molar-refractivity contribution in [2.75, 3.05) is 0 Å². The fourth-order valence-corrected chi connectivity index (χ4v) is 13.4. The summed E-state index contributed by atoms with van der Waals surface area (Å²) < 4.78 is 14.0. The Morgan fingerprint density at radius 2 is 0.969 bits per heavy atom. The number of aromatic nitrogens is 2. The van der Waals surface area contributed by atoms with E-state index in [4.69, 9.17) is 4.42 Å². The number of rotatable bonds is 3. The zero-order valence-electron chi connectivity index (χ0n) is 35.1. The van der Waals surface area contributed by atoms with Gasteiger partial charge in [0.05, 0.1) is 22.1 Å². The van der Waals surface area contributed by atoms with E-state index in [1.54, 1.807) is 0 Å². The van der Waals surface area contributed by atoms with Gasteiger partial charge in [0, 0.05) is 75.3 Å². The van der Waals surface area contributed by atoms with Crippen LogP contribution in [0.4, 0.5) is 0 Å². The van der Waals surface area contributed by atoms with Crippen LogP contribution in [0.1, 0.15) is 43.2 Å². The smallest absolute Gasteiger partial charge is 0.137 e. The molecule has 4 aromatic heterocycles. The average Bonchev–Trinajstić information content (AvgIpc) is 4.14. The fourth-order valence-electron chi connectivity index (χ4n) is 12.3. The van der Waals surface area contributed by atoms with E-state index in [-0.39, 0.29) is 5.41 Å². The molecule has 1 saturated carbocycles. The number of hydrogen-bond acceptors (Lipinski definition) is 2. The number of thiophene rings is 1. The Hall–Kier alpha value is -7.40. The third-order valence-corrected chi connectivity index (χ3v) is 16.2. The third kappa shape index (κ3) is 4.70. The quantitative estimate of drug-likeness (QED) is 0.174. The lowest BCUT2D eigenvalue weighted by molar-refractivity contribution is 0.353. The molecule has 0 bridgehead atoms. The third-order valence-electron chi connectivity index (χ3n) is 15.1. The second-order valence-corrected chi connectivity index (χ2v) is 19.4. The Balaban J connectivity index is 0.916. The van der Waals surface area contributed by atoms with Gasteiger partial charge in [-0.1, -0.05) is 116 Å². The van der Waals surface area contributed by atoms with Crippen molar-refractivity contribution in [1.82, 2.24) is 9.13 Å². The lowest BCUT2D eigenvalue weighted by Gasteiger charge is -2.36. The molecular formula is C60H40N2OS. The first kappa shape index (κ1) is 35.1. The molecular weight excluding hydrogens is 797 g/mol. The van der Waals surface area contributed by atoms with Crippen LogP contribution in [0.15, 0.2) is 186 Å². The lowest BCUT2D eigenvalue weighted by Crippen LogP contribution is -2.28. The van der Waals surface area contributed by atoms with Gasteiger partial charge in [0.1, 0.15) is 11.2 Å². The van der Waals surface area contributed by atoms with Crippen LogP contribution in [0.5, 0.6) is 0 Å². The molecule has 1 fully saturated rings. The predicted octanol–water partition coefficient (Wildman–Crippen LogP) is 17.0. The zero-order chi connectivity index (χ0) is 41.7. The number of nitrogens with zero attached hydrogens (tertiary/aromatic N) is 2. The summed E-state index contributed by atoms with van der Waals surface area (Å²) in [4.78, 5) is 0. The molecule has 0 N–H and O–H groups in total. The summed E-state index contributed by atoms with van der Waals surface area (Å²) in [5, 5.41) is 10.1. The Morgan fingerprint density at radius 1 is 0.375 bits per heavy atom. The molecule has 64 heavy (non-hydrogen) atoms. The number of fused-ring (bicyclic) bond motifs is 17. The van der Waals surface area contributed by atoms with Gasteiger partial charge in [0.25, 0.3) is 0 Å². The van der Waals surface area contributed by atoms with Gasteiger partial charge in [-0.2, -0.15) is 0 Å². The van der Waals surface area contributed by atoms with E-state index in [2.05, 4.69) is 185 Å². The van der Waals surface area contributed by atoms with E-state index in [1.807, 2.05) is 17.4 Å². The number of furan rings is 1. The summed E-state index contributed by atoms with van der Waals surface area (Å²) in [6.07, 6.45) is 6.24. The Kier molecular flexibility index (Phi) is 7.04. The van der Waals surface area contributed by atoms with E-state index < -0.39 is 0 Å². The van der Waals surface area contributed by atoms with E-state index >= 15 is 0 Å². The molecule has 0 radical (unpaired) electrons. The van der Waals surface area contributed by atoms with Crippen molar-refractivity contribution in [3.63, 3.8) is 0 Å².